The lowest BCUT2D eigenvalue weighted by Crippen LogP contribution is -2.12. The number of aromatic nitrogens is 2. The van der Waals surface area contributed by atoms with Gasteiger partial charge in [-0.15, -0.1) is 0 Å². The summed E-state index contributed by atoms with van der Waals surface area (Å²) in [5, 5.41) is 3.92. The van der Waals surface area contributed by atoms with E-state index in [0.717, 1.165) is 22.4 Å². The molecule has 0 amide bonds. The molecular weight excluding hydrogens is 236 g/mol. The first kappa shape index (κ1) is 11.5. The van der Waals surface area contributed by atoms with Gasteiger partial charge in [0, 0.05) is 12.6 Å². The summed E-state index contributed by atoms with van der Waals surface area (Å²) in [6, 6.07) is 17.8. The number of aryl methyl sites for hydroxylation is 1. The molecule has 0 unspecified atom stereocenters. The molecule has 4 nitrogen and oxygen atoms in total. The second kappa shape index (κ2) is 4.57. The molecule has 0 aliphatic rings. The average molecular weight is 250 g/mol. The summed E-state index contributed by atoms with van der Waals surface area (Å²) in [6.07, 6.45) is 0. The second-order valence-electron chi connectivity index (χ2n) is 4.33. The Morgan fingerprint density at radius 2 is 1.74 bits per heavy atom. The largest absolute Gasteiger partial charge is 0.326 e. The molecule has 1 aromatic heterocycles. The van der Waals surface area contributed by atoms with Gasteiger partial charge in [-0.3, -0.25) is 0 Å². The fourth-order valence-corrected chi connectivity index (χ4v) is 2.21. The molecule has 19 heavy (non-hydrogen) atoms. The molecule has 0 atom stereocenters. The third kappa shape index (κ3) is 1.87. The summed E-state index contributed by atoms with van der Waals surface area (Å²) in [4.78, 5) is 4.61. The van der Waals surface area contributed by atoms with Crippen LogP contribution in [0.2, 0.25) is 0 Å². The fraction of sp³-hybridized carbons (Fsp3) is 0.0667. The van der Waals surface area contributed by atoms with Crippen molar-refractivity contribution in [2.75, 3.05) is 0 Å². The molecule has 0 radical (unpaired) electrons. The molecule has 0 aliphatic heterocycles. The Morgan fingerprint density at radius 3 is 2.42 bits per heavy atom. The van der Waals surface area contributed by atoms with Crippen LogP contribution in [0.15, 0.2) is 59.7 Å². The van der Waals surface area contributed by atoms with Gasteiger partial charge >= 0.3 is 0 Å². The maximum absolute atomic E-state index is 5.56. The molecule has 3 aromatic rings. The Bertz CT molecular complexity index is 741. The van der Waals surface area contributed by atoms with Crippen molar-refractivity contribution >= 4 is 16.7 Å². The SMILES string of the molecule is Cn1c(/C(=N\N)c2ccccc2)nc2ccccc21. The van der Waals surface area contributed by atoms with Crippen molar-refractivity contribution < 1.29 is 0 Å². The number of fused-ring (bicyclic) bond motifs is 1. The van der Waals surface area contributed by atoms with Gasteiger partial charge in [-0.2, -0.15) is 5.10 Å². The molecule has 0 saturated carbocycles. The lowest BCUT2D eigenvalue weighted by molar-refractivity contribution is 0.926. The van der Waals surface area contributed by atoms with Crippen LogP contribution < -0.4 is 5.84 Å². The van der Waals surface area contributed by atoms with Gasteiger partial charge in [-0.25, -0.2) is 4.98 Å². The monoisotopic (exact) mass is 250 g/mol. The predicted molar refractivity (Wildman–Crippen MR) is 77.0 cm³/mol. The molecule has 0 aliphatic carbocycles. The molecular formula is C15H14N4. The van der Waals surface area contributed by atoms with Gasteiger partial charge in [0.15, 0.2) is 5.82 Å². The first-order valence-electron chi connectivity index (χ1n) is 6.06. The van der Waals surface area contributed by atoms with Gasteiger partial charge in [0.25, 0.3) is 0 Å². The van der Waals surface area contributed by atoms with E-state index in [1.807, 2.05) is 66.2 Å². The molecule has 2 aromatic carbocycles. The number of para-hydroxylation sites is 2. The molecule has 0 bridgehead atoms. The quantitative estimate of drug-likeness (QED) is 0.431. The van der Waals surface area contributed by atoms with Crippen LogP contribution in [0.3, 0.4) is 0 Å². The maximum atomic E-state index is 5.56. The van der Waals surface area contributed by atoms with E-state index in [1.54, 1.807) is 0 Å². The van der Waals surface area contributed by atoms with Crippen molar-refractivity contribution in [3.63, 3.8) is 0 Å². The summed E-state index contributed by atoms with van der Waals surface area (Å²) in [6.45, 7) is 0. The Morgan fingerprint density at radius 1 is 1.05 bits per heavy atom. The number of nitrogens with zero attached hydrogens (tertiary/aromatic N) is 3. The topological polar surface area (TPSA) is 56.2 Å². The normalized spacial score (nSPS) is 11.9. The predicted octanol–water partition coefficient (Wildman–Crippen LogP) is 2.28. The summed E-state index contributed by atoms with van der Waals surface area (Å²) in [5.74, 6) is 6.34. The highest BCUT2D eigenvalue weighted by Gasteiger charge is 2.14. The average Bonchev–Trinajstić information content (AvgIpc) is 2.79. The summed E-state index contributed by atoms with van der Waals surface area (Å²) >= 11 is 0. The molecule has 0 saturated heterocycles. The molecule has 94 valence electrons. The number of hydrazone groups is 1. The van der Waals surface area contributed by atoms with Gasteiger partial charge < -0.3 is 10.4 Å². The molecule has 0 fully saturated rings. The van der Waals surface area contributed by atoms with E-state index in [2.05, 4.69) is 10.1 Å². The molecule has 4 heteroatoms. The minimum atomic E-state index is 0.694. The van der Waals surface area contributed by atoms with E-state index in [1.165, 1.54) is 0 Å². The molecule has 3 rings (SSSR count). The number of hydrogen-bond donors (Lipinski definition) is 1. The van der Waals surface area contributed by atoms with Gasteiger partial charge in [0.05, 0.1) is 11.0 Å². The van der Waals surface area contributed by atoms with Crippen molar-refractivity contribution in [1.82, 2.24) is 9.55 Å². The van der Waals surface area contributed by atoms with Crippen LogP contribution in [0, 0.1) is 0 Å². The smallest absolute Gasteiger partial charge is 0.161 e. The summed E-state index contributed by atoms with van der Waals surface area (Å²) in [5.41, 5.74) is 3.66. The van der Waals surface area contributed by atoms with Gasteiger partial charge in [0.2, 0.25) is 0 Å². The second-order valence-corrected chi connectivity index (χ2v) is 4.33. The highest BCUT2D eigenvalue weighted by atomic mass is 15.2. The number of hydrogen-bond acceptors (Lipinski definition) is 3. The summed E-state index contributed by atoms with van der Waals surface area (Å²) in [7, 11) is 1.97. The summed E-state index contributed by atoms with van der Waals surface area (Å²) < 4.78 is 2.01. The lowest BCUT2D eigenvalue weighted by Gasteiger charge is -2.05. The zero-order valence-corrected chi connectivity index (χ0v) is 10.6. The molecule has 2 N–H and O–H groups in total. The number of nitrogens with two attached hydrogens (primary N) is 1. The minimum absolute atomic E-state index is 0.694. The van der Waals surface area contributed by atoms with E-state index in [9.17, 15) is 0 Å². The highest BCUT2D eigenvalue weighted by Crippen LogP contribution is 2.17. The lowest BCUT2D eigenvalue weighted by atomic mass is 10.1. The maximum Gasteiger partial charge on any atom is 0.161 e. The van der Waals surface area contributed by atoms with Gasteiger partial charge in [0.1, 0.15) is 5.71 Å². The first-order valence-corrected chi connectivity index (χ1v) is 6.06. The van der Waals surface area contributed by atoms with Crippen molar-refractivity contribution in [3.8, 4) is 0 Å². The van der Waals surface area contributed by atoms with Crippen LogP contribution >= 0.6 is 0 Å². The van der Waals surface area contributed by atoms with Gasteiger partial charge in [-0.1, -0.05) is 42.5 Å². The van der Waals surface area contributed by atoms with E-state index in [4.69, 9.17) is 5.84 Å². The van der Waals surface area contributed by atoms with Crippen molar-refractivity contribution in [2.24, 2.45) is 18.0 Å². The van der Waals surface area contributed by atoms with Crippen molar-refractivity contribution in [3.05, 3.63) is 66.0 Å². The number of rotatable bonds is 2. The zero-order valence-electron chi connectivity index (χ0n) is 10.6. The molecule has 1 heterocycles. The van der Waals surface area contributed by atoms with Crippen LogP contribution in [0.1, 0.15) is 11.4 Å². The Hall–Kier alpha value is -2.62. The Balaban J connectivity index is 2.21. The Kier molecular flexibility index (Phi) is 2.76. The van der Waals surface area contributed by atoms with Crippen LogP contribution in [0.5, 0.6) is 0 Å². The van der Waals surface area contributed by atoms with Crippen molar-refractivity contribution in [1.29, 1.82) is 0 Å². The van der Waals surface area contributed by atoms with E-state index in [-0.39, 0.29) is 0 Å². The van der Waals surface area contributed by atoms with E-state index >= 15 is 0 Å². The fourth-order valence-electron chi connectivity index (χ4n) is 2.21. The minimum Gasteiger partial charge on any atom is -0.326 e. The number of benzene rings is 2. The van der Waals surface area contributed by atoms with E-state index < -0.39 is 0 Å². The third-order valence-corrected chi connectivity index (χ3v) is 3.18. The molecule has 0 spiro atoms. The van der Waals surface area contributed by atoms with E-state index in [0.29, 0.717) is 5.71 Å². The standard InChI is InChI=1S/C15H14N4/c1-19-13-10-6-5-9-12(13)17-15(19)14(18-16)11-7-3-2-4-8-11/h2-10H,16H2,1H3/b18-14-. The van der Waals surface area contributed by atoms with Gasteiger partial charge in [-0.05, 0) is 12.1 Å². The van der Waals surface area contributed by atoms with Crippen LogP contribution in [-0.2, 0) is 7.05 Å². The van der Waals surface area contributed by atoms with Crippen LogP contribution in [-0.4, -0.2) is 15.3 Å². The number of imidazole rings is 1. The van der Waals surface area contributed by atoms with Crippen LogP contribution in [0.25, 0.3) is 11.0 Å². The van der Waals surface area contributed by atoms with Crippen LogP contribution in [0.4, 0.5) is 0 Å². The highest BCUT2D eigenvalue weighted by molar-refractivity contribution is 6.11. The first-order chi connectivity index (χ1) is 9.31. The van der Waals surface area contributed by atoms with Crippen molar-refractivity contribution in [2.45, 2.75) is 0 Å². The zero-order chi connectivity index (χ0) is 13.2. The third-order valence-electron chi connectivity index (χ3n) is 3.18. The Labute approximate surface area is 111 Å².